The van der Waals surface area contributed by atoms with Gasteiger partial charge in [0.15, 0.2) is 5.82 Å². The summed E-state index contributed by atoms with van der Waals surface area (Å²) in [6.07, 6.45) is 0. The number of para-hydroxylation sites is 1. The molecular weight excluding hydrogens is 378 g/mol. The molecule has 4 aromatic rings. The largest absolute Gasteiger partial charge is 0.340 e. The number of benzene rings is 2. The van der Waals surface area contributed by atoms with Crippen molar-refractivity contribution in [1.82, 2.24) is 25.1 Å². The van der Waals surface area contributed by atoms with Crippen molar-refractivity contribution in [3.63, 3.8) is 0 Å². The van der Waals surface area contributed by atoms with Gasteiger partial charge in [0.1, 0.15) is 0 Å². The van der Waals surface area contributed by atoms with Crippen molar-refractivity contribution < 1.29 is 4.79 Å². The van der Waals surface area contributed by atoms with Gasteiger partial charge in [-0.2, -0.15) is 5.10 Å². The van der Waals surface area contributed by atoms with Gasteiger partial charge in [0, 0.05) is 23.0 Å². The molecular formula is C20H16ClN5O2. The number of carbonyl (C=O) groups is 1. The number of fused-ring (bicyclic) bond motifs is 1. The molecule has 0 bridgehead atoms. The Balaban J connectivity index is 1.77. The lowest BCUT2D eigenvalue weighted by molar-refractivity contribution is 0.0783. The Morgan fingerprint density at radius 2 is 1.89 bits per heavy atom. The van der Waals surface area contributed by atoms with Crippen molar-refractivity contribution in [3.8, 4) is 11.3 Å². The predicted molar refractivity (Wildman–Crippen MR) is 107 cm³/mol. The fraction of sp³-hybridized carbons (Fsp3) is 0.100. The van der Waals surface area contributed by atoms with Crippen LogP contribution in [0.25, 0.3) is 22.2 Å². The highest BCUT2D eigenvalue weighted by atomic mass is 35.5. The molecule has 2 aromatic heterocycles. The molecule has 7 nitrogen and oxygen atoms in total. The van der Waals surface area contributed by atoms with Crippen LogP contribution in [0.15, 0.2) is 59.4 Å². The first kappa shape index (κ1) is 17.9. The van der Waals surface area contributed by atoms with E-state index in [9.17, 15) is 9.59 Å². The third kappa shape index (κ3) is 3.52. The lowest BCUT2D eigenvalue weighted by Crippen LogP contribution is -2.27. The Hall–Kier alpha value is -3.45. The van der Waals surface area contributed by atoms with Gasteiger partial charge in [-0.1, -0.05) is 41.9 Å². The van der Waals surface area contributed by atoms with Crippen LogP contribution in [0, 0.1) is 0 Å². The molecule has 1 amide bonds. The van der Waals surface area contributed by atoms with E-state index in [-0.39, 0.29) is 12.5 Å². The van der Waals surface area contributed by atoms with E-state index in [1.165, 1.54) is 4.90 Å². The summed E-state index contributed by atoms with van der Waals surface area (Å²) < 4.78 is 0. The molecule has 140 valence electrons. The zero-order valence-corrected chi connectivity index (χ0v) is 15.7. The molecule has 0 spiro atoms. The number of rotatable bonds is 4. The molecule has 0 saturated heterocycles. The Labute approximate surface area is 165 Å². The van der Waals surface area contributed by atoms with E-state index in [0.29, 0.717) is 22.1 Å². The molecule has 0 radical (unpaired) electrons. The van der Waals surface area contributed by atoms with Crippen molar-refractivity contribution in [1.29, 1.82) is 0 Å². The van der Waals surface area contributed by atoms with Gasteiger partial charge in [0.05, 0.1) is 23.3 Å². The van der Waals surface area contributed by atoms with Crippen LogP contribution in [0.5, 0.6) is 0 Å². The van der Waals surface area contributed by atoms with Crippen LogP contribution in [0.3, 0.4) is 0 Å². The number of carbonyl (C=O) groups excluding carboxylic acids is 1. The summed E-state index contributed by atoms with van der Waals surface area (Å²) in [4.78, 5) is 33.1. The van der Waals surface area contributed by atoms with Gasteiger partial charge in [-0.15, -0.1) is 0 Å². The summed E-state index contributed by atoms with van der Waals surface area (Å²) in [6.45, 7) is 0.171. The lowest BCUT2D eigenvalue weighted by atomic mass is 10.0. The average molecular weight is 394 g/mol. The Kier molecular flexibility index (Phi) is 4.67. The van der Waals surface area contributed by atoms with Crippen molar-refractivity contribution >= 4 is 28.4 Å². The molecule has 2 N–H and O–H groups in total. The van der Waals surface area contributed by atoms with Crippen LogP contribution in [-0.4, -0.2) is 38.0 Å². The molecule has 0 saturated carbocycles. The number of hydrogen-bond donors (Lipinski definition) is 2. The van der Waals surface area contributed by atoms with E-state index in [2.05, 4.69) is 20.2 Å². The van der Waals surface area contributed by atoms with Crippen molar-refractivity contribution in [2.24, 2.45) is 0 Å². The molecule has 0 unspecified atom stereocenters. The van der Waals surface area contributed by atoms with E-state index in [1.54, 1.807) is 25.2 Å². The van der Waals surface area contributed by atoms with E-state index < -0.39 is 5.69 Å². The monoisotopic (exact) mass is 393 g/mol. The minimum absolute atomic E-state index is 0.171. The highest BCUT2D eigenvalue weighted by Gasteiger charge is 2.18. The third-order valence-corrected chi connectivity index (χ3v) is 4.62. The summed E-state index contributed by atoms with van der Waals surface area (Å²) in [5.41, 5.74) is 2.38. The number of aromatic nitrogens is 4. The number of H-pyrrole nitrogens is 2. The molecule has 28 heavy (non-hydrogen) atoms. The van der Waals surface area contributed by atoms with Gasteiger partial charge in [-0.25, -0.2) is 14.9 Å². The Morgan fingerprint density at radius 3 is 2.61 bits per heavy atom. The quantitative estimate of drug-likeness (QED) is 0.556. The molecule has 0 aliphatic carbocycles. The Morgan fingerprint density at radius 1 is 1.14 bits per heavy atom. The second kappa shape index (κ2) is 7.28. The number of amides is 1. The van der Waals surface area contributed by atoms with Crippen LogP contribution >= 0.6 is 11.6 Å². The van der Waals surface area contributed by atoms with Crippen LogP contribution in [0.1, 0.15) is 16.2 Å². The third-order valence-electron chi connectivity index (χ3n) is 4.37. The molecule has 0 aliphatic heterocycles. The first-order chi connectivity index (χ1) is 13.5. The highest BCUT2D eigenvalue weighted by molar-refractivity contribution is 6.30. The minimum atomic E-state index is -0.407. The lowest BCUT2D eigenvalue weighted by Gasteiger charge is -2.17. The SMILES string of the molecule is CN(Cc1n[nH]c(=O)[nH]1)C(=O)c1cc(-c2ccc(Cl)cc2)nc2ccccc12. The Bertz CT molecular complexity index is 1210. The van der Waals surface area contributed by atoms with Crippen molar-refractivity contribution in [3.05, 3.63) is 81.5 Å². The maximum atomic E-state index is 13.2. The summed E-state index contributed by atoms with van der Waals surface area (Å²) in [5, 5.41) is 7.54. The molecule has 2 aromatic carbocycles. The standard InChI is InChI=1S/C20H16ClN5O2/c1-26(11-18-23-20(28)25-24-18)19(27)15-10-17(12-6-8-13(21)9-7-12)22-16-5-3-2-4-14(15)16/h2-10H,11H2,1H3,(H2,23,24,25,28). The first-order valence-corrected chi connectivity index (χ1v) is 8.94. The normalized spacial score (nSPS) is 10.9. The molecule has 8 heteroatoms. The maximum Gasteiger partial charge on any atom is 0.340 e. The second-order valence-corrected chi connectivity index (χ2v) is 6.80. The number of halogens is 1. The van der Waals surface area contributed by atoms with E-state index in [4.69, 9.17) is 11.6 Å². The molecule has 0 atom stereocenters. The molecule has 0 aliphatic rings. The van der Waals surface area contributed by atoms with Crippen LogP contribution in [0.2, 0.25) is 5.02 Å². The summed E-state index contributed by atoms with van der Waals surface area (Å²) >= 11 is 5.98. The van der Waals surface area contributed by atoms with Gasteiger partial charge in [-0.05, 0) is 24.3 Å². The zero-order valence-electron chi connectivity index (χ0n) is 14.9. The first-order valence-electron chi connectivity index (χ1n) is 8.56. The van der Waals surface area contributed by atoms with Gasteiger partial charge < -0.3 is 4.90 Å². The topological polar surface area (TPSA) is 94.7 Å². The number of pyridine rings is 1. The van der Waals surface area contributed by atoms with Gasteiger partial charge in [0.2, 0.25) is 0 Å². The van der Waals surface area contributed by atoms with Crippen molar-refractivity contribution in [2.45, 2.75) is 6.54 Å². The van der Waals surface area contributed by atoms with Crippen LogP contribution < -0.4 is 5.69 Å². The number of nitrogens with zero attached hydrogens (tertiary/aromatic N) is 3. The maximum absolute atomic E-state index is 13.2. The molecule has 0 fully saturated rings. The van der Waals surface area contributed by atoms with E-state index in [0.717, 1.165) is 16.5 Å². The second-order valence-electron chi connectivity index (χ2n) is 6.36. The van der Waals surface area contributed by atoms with Crippen molar-refractivity contribution in [2.75, 3.05) is 7.05 Å². The summed E-state index contributed by atoms with van der Waals surface area (Å²) in [7, 11) is 1.66. The van der Waals surface area contributed by atoms with Gasteiger partial charge in [0.25, 0.3) is 5.91 Å². The van der Waals surface area contributed by atoms with Crippen LogP contribution in [-0.2, 0) is 6.54 Å². The van der Waals surface area contributed by atoms with E-state index in [1.807, 2.05) is 36.4 Å². The zero-order chi connectivity index (χ0) is 19.7. The number of hydrogen-bond acceptors (Lipinski definition) is 4. The smallest absolute Gasteiger partial charge is 0.334 e. The average Bonchev–Trinajstić information content (AvgIpc) is 3.11. The molecule has 2 heterocycles. The number of aromatic amines is 2. The fourth-order valence-corrected chi connectivity index (χ4v) is 3.13. The minimum Gasteiger partial charge on any atom is -0.334 e. The van der Waals surface area contributed by atoms with Gasteiger partial charge in [-0.3, -0.25) is 9.78 Å². The summed E-state index contributed by atoms with van der Waals surface area (Å²) in [6, 6.07) is 16.6. The van der Waals surface area contributed by atoms with E-state index >= 15 is 0 Å². The fourth-order valence-electron chi connectivity index (χ4n) is 3.00. The van der Waals surface area contributed by atoms with Gasteiger partial charge >= 0.3 is 5.69 Å². The predicted octanol–water partition coefficient (Wildman–Crippen LogP) is 3.24. The summed E-state index contributed by atoms with van der Waals surface area (Å²) in [5.74, 6) is 0.190. The number of nitrogens with one attached hydrogen (secondary N) is 2. The molecule has 4 rings (SSSR count). The van der Waals surface area contributed by atoms with Crippen LogP contribution in [0.4, 0.5) is 0 Å². The highest BCUT2D eigenvalue weighted by Crippen LogP contribution is 2.26.